The zero-order valence-corrected chi connectivity index (χ0v) is 84.4. The maximum absolute atomic E-state index is 4.86. The zero-order valence-electron chi connectivity index (χ0n) is 84.4. The first-order valence-corrected chi connectivity index (χ1v) is 50.8. The molecule has 0 fully saturated rings. The van der Waals surface area contributed by atoms with Crippen molar-refractivity contribution < 1.29 is 0 Å². The fourth-order valence-electron chi connectivity index (χ4n) is 25.7. The quantitative estimate of drug-likeness (QED) is 0.147. The molecule has 0 saturated carbocycles. The van der Waals surface area contributed by atoms with Gasteiger partial charge in [0.2, 0.25) is 34.7 Å². The number of aromatic nitrogens is 24. The number of nitrogens with zero attached hydrogens (tertiary/aromatic N) is 24. The van der Waals surface area contributed by atoms with Crippen LogP contribution in [0.5, 0.6) is 0 Å². The van der Waals surface area contributed by atoms with E-state index in [9.17, 15) is 0 Å². The first-order chi connectivity index (χ1) is 73.5. The predicted molar refractivity (Wildman–Crippen MR) is 619 cm³/mol. The van der Waals surface area contributed by atoms with Crippen LogP contribution in [0.1, 0.15) is 0 Å². The summed E-state index contributed by atoms with van der Waals surface area (Å²) in [5.41, 5.74) is 42.8. The van der Waals surface area contributed by atoms with Gasteiger partial charge in [0.25, 0.3) is 0 Å². The van der Waals surface area contributed by atoms with Crippen LogP contribution in [0.15, 0.2) is 364 Å². The monoisotopic (exact) mass is 1940 g/mol. The Balaban J connectivity index is 0.0000000810. The number of hydrogen-bond acceptors (Lipinski definition) is 6. The highest BCUT2D eigenvalue weighted by molar-refractivity contribution is 6.24. The van der Waals surface area contributed by atoms with Crippen molar-refractivity contribution in [1.82, 2.24) is 111 Å². The predicted octanol–water partition coefficient (Wildman–Crippen LogP) is 27.7. The van der Waals surface area contributed by atoms with Crippen LogP contribution >= 0.6 is 0 Å². The molecule has 18 aromatic carbocycles. The lowest BCUT2D eigenvalue weighted by molar-refractivity contribution is 0.962. The Hall–Kier alpha value is -19.6. The summed E-state index contributed by atoms with van der Waals surface area (Å²) < 4.78 is 40.6. The van der Waals surface area contributed by atoms with Crippen LogP contribution in [0.3, 0.4) is 0 Å². The summed E-state index contributed by atoms with van der Waals surface area (Å²) in [6.45, 7) is 0. The van der Waals surface area contributed by atoms with Crippen molar-refractivity contribution in [2.75, 3.05) is 0 Å². The molecule has 18 heterocycles. The summed E-state index contributed by atoms with van der Waals surface area (Å²) in [5, 5.41) is 15.5. The van der Waals surface area contributed by atoms with Crippen LogP contribution in [0.4, 0.5) is 0 Å². The van der Waals surface area contributed by atoms with Crippen LogP contribution in [-0.4, -0.2) is 111 Å². The summed E-state index contributed by atoms with van der Waals surface area (Å²) in [6.07, 6.45) is 0. The molecule has 0 unspecified atom stereocenters. The third-order valence-corrected chi connectivity index (χ3v) is 32.7. The third kappa shape index (κ3) is 11.4. The van der Waals surface area contributed by atoms with E-state index < -0.39 is 0 Å². The van der Waals surface area contributed by atoms with Gasteiger partial charge in [-0.25, -0.2) is 29.9 Å². The van der Waals surface area contributed by atoms with E-state index in [-0.39, 0.29) is 0 Å². The molecule has 24 heteroatoms. The standard InChI is InChI=1S/6C21H16N4/c1-23-16-9-5-3-7-13(16)14-11-20-19(12-18(14)23)24(2)21-22-15-8-4-6-10-17(15)25(20)21;1-23-16-9-5-3-7-13(16)14-11-19-20(12-18(14)23)25-17-10-6-4-8-15(17)22-21(25)24(19)2;1-23-16-9-5-3-7-13(16)14-11-12-18-20(19(14)23)24(2)21-22-15-8-4-6-10-17(15)25(18)21;1-23-16-9-5-3-7-13(16)14-11-12-18-20(19(14)23)25-17-10-6-4-8-15(17)22-21(25)24(18)2;1-23-15-9-5-3-7-13(15)19-17(23)11-12-18-20(19)24(2)21-22-14-8-4-6-10-16(14)25(18)21;1-23-15-9-5-3-7-13(15)19-17(23)11-12-18-20(19)25-16-10-6-4-8-14(16)22-21(25)24(18)2/h6*3-12H,1-2H3. The molecule has 0 spiro atoms. The molecule has 36 aromatic rings. The molecule has 0 radical (unpaired) electrons. The van der Waals surface area contributed by atoms with Gasteiger partial charge >= 0.3 is 0 Å². The van der Waals surface area contributed by atoms with Crippen LogP contribution in [0.2, 0.25) is 0 Å². The van der Waals surface area contributed by atoms with Gasteiger partial charge in [-0.2, -0.15) is 0 Å². The smallest absolute Gasteiger partial charge is 0.215 e. The van der Waals surface area contributed by atoms with Crippen molar-refractivity contribution in [3.05, 3.63) is 364 Å². The van der Waals surface area contributed by atoms with Gasteiger partial charge in [0, 0.05) is 182 Å². The second kappa shape index (κ2) is 31.0. The van der Waals surface area contributed by atoms with Gasteiger partial charge in [0.15, 0.2) is 0 Å². The molecule has 18 aromatic heterocycles. The molecule has 0 aliphatic heterocycles. The van der Waals surface area contributed by atoms with E-state index >= 15 is 0 Å². The highest BCUT2D eigenvalue weighted by Crippen LogP contribution is 2.45. The van der Waals surface area contributed by atoms with Gasteiger partial charge in [-0.15, -0.1) is 0 Å². The number of hydrogen-bond donors (Lipinski definition) is 0. The van der Waals surface area contributed by atoms with Crippen LogP contribution in [0, 0.1) is 0 Å². The largest absolute Gasteiger partial charge is 0.344 e. The van der Waals surface area contributed by atoms with E-state index in [0.717, 1.165) is 101 Å². The molecule has 0 aliphatic rings. The van der Waals surface area contributed by atoms with Gasteiger partial charge in [-0.3, -0.25) is 26.4 Å². The van der Waals surface area contributed by atoms with E-state index in [0.29, 0.717) is 0 Å². The van der Waals surface area contributed by atoms with Gasteiger partial charge in [-0.05, 0) is 182 Å². The summed E-state index contributed by atoms with van der Waals surface area (Å²) >= 11 is 0. The Bertz CT molecular complexity index is 12100. The highest BCUT2D eigenvalue weighted by atomic mass is 15.3. The Morgan fingerprint density at radius 1 is 0.120 bits per heavy atom. The lowest BCUT2D eigenvalue weighted by atomic mass is 10.1. The van der Waals surface area contributed by atoms with Crippen molar-refractivity contribution >= 4 is 298 Å². The van der Waals surface area contributed by atoms with Crippen LogP contribution in [-0.2, 0) is 84.6 Å². The SMILES string of the molecule is Cn1c2ccccc2c2c1ccc1c2n(C)c2nc3ccccc3n12.Cn1c2ccccc2c2c1ccc1c2n2c3ccccc3nc2n1C.Cn1c2ccccc2c2cc3c(cc21)n(C)c1nc2ccccc2n31.Cn1c2ccccc2c2cc3c(cc21)n1c2ccccc2nc1n3C.Cn1c2ccccc2c2ccc3c(c21)n(C)c1nc2ccccc2n31.Cn1c2ccccc2c2ccc3c(c21)n1c2ccccc2nc1n3C. The number of fused-ring (bicyclic) bond motifs is 52. The molecule has 0 saturated heterocycles. The maximum Gasteiger partial charge on any atom is 0.215 e. The van der Waals surface area contributed by atoms with Gasteiger partial charge in [0.1, 0.15) is 0 Å². The third-order valence-electron chi connectivity index (χ3n) is 32.7. The first kappa shape index (κ1) is 84.8. The maximum atomic E-state index is 4.86. The van der Waals surface area contributed by atoms with E-state index in [4.69, 9.17) is 29.9 Å². The molecule has 0 N–H and O–H groups in total. The van der Waals surface area contributed by atoms with Crippen LogP contribution in [0.25, 0.3) is 298 Å². The molecule has 36 rings (SSSR count). The van der Waals surface area contributed by atoms with Gasteiger partial charge in [0.05, 0.1) is 166 Å². The molecule has 720 valence electrons. The van der Waals surface area contributed by atoms with Crippen molar-refractivity contribution in [2.24, 2.45) is 84.6 Å². The number of imidazole rings is 12. The molecular formula is C126H96N24. The van der Waals surface area contributed by atoms with Crippen molar-refractivity contribution in [1.29, 1.82) is 0 Å². The fourth-order valence-corrected chi connectivity index (χ4v) is 25.7. The Morgan fingerprint density at radius 3 is 0.767 bits per heavy atom. The second-order valence-electron chi connectivity index (χ2n) is 40.3. The average molecular weight is 1950 g/mol. The minimum absolute atomic E-state index is 0.981. The lowest BCUT2D eigenvalue weighted by Gasteiger charge is -2.02. The summed E-state index contributed by atoms with van der Waals surface area (Å²) in [7, 11) is 25.5. The minimum Gasteiger partial charge on any atom is -0.344 e. The molecule has 0 aliphatic carbocycles. The molecule has 24 nitrogen and oxygen atoms in total. The van der Waals surface area contributed by atoms with Crippen molar-refractivity contribution in [3.63, 3.8) is 0 Å². The number of aryl methyl sites for hydroxylation is 12. The summed E-state index contributed by atoms with van der Waals surface area (Å²) in [4.78, 5) is 29.1. The number of benzene rings is 18. The number of rotatable bonds is 0. The highest BCUT2D eigenvalue weighted by Gasteiger charge is 2.28. The Morgan fingerprint density at radius 2 is 0.353 bits per heavy atom. The van der Waals surface area contributed by atoms with Gasteiger partial charge < -0.3 is 54.8 Å². The lowest BCUT2D eigenvalue weighted by Crippen LogP contribution is -1.93. The van der Waals surface area contributed by atoms with E-state index in [1.807, 2.05) is 36.4 Å². The van der Waals surface area contributed by atoms with Gasteiger partial charge in [-0.1, -0.05) is 182 Å². The average Bonchev–Trinajstić information content (AvgIpc) is 1.54. The normalized spacial score (nSPS) is 12.4. The first-order valence-electron chi connectivity index (χ1n) is 50.8. The zero-order chi connectivity index (χ0) is 100. The Kier molecular flexibility index (Phi) is 17.5. The van der Waals surface area contributed by atoms with E-state index in [1.54, 1.807) is 0 Å². The fraction of sp³-hybridized carbons (Fsp3) is 0.0952. The van der Waals surface area contributed by atoms with Crippen molar-refractivity contribution in [3.8, 4) is 0 Å². The van der Waals surface area contributed by atoms with E-state index in [2.05, 4.69) is 493 Å². The molecule has 0 amide bonds. The van der Waals surface area contributed by atoms with E-state index in [1.165, 1.54) is 197 Å². The molecule has 0 atom stereocenters. The van der Waals surface area contributed by atoms with Crippen LogP contribution < -0.4 is 0 Å². The molecule has 150 heavy (non-hydrogen) atoms. The molecule has 0 bridgehead atoms. The summed E-state index contributed by atoms with van der Waals surface area (Å²) in [6, 6.07) is 129. The number of para-hydroxylation sites is 18. The minimum atomic E-state index is 0.981. The van der Waals surface area contributed by atoms with Crippen molar-refractivity contribution in [2.45, 2.75) is 0 Å². The Labute approximate surface area is 852 Å². The molecular weight excluding hydrogens is 1850 g/mol. The topological polar surface area (TPSA) is 163 Å². The second-order valence-corrected chi connectivity index (χ2v) is 40.3. The summed E-state index contributed by atoms with van der Waals surface area (Å²) in [5.74, 6) is 5.89.